The summed E-state index contributed by atoms with van der Waals surface area (Å²) in [5.41, 5.74) is 0.889. The van der Waals surface area contributed by atoms with Crippen molar-refractivity contribution in [3.63, 3.8) is 0 Å². The third kappa shape index (κ3) is 4.10. The summed E-state index contributed by atoms with van der Waals surface area (Å²) in [4.78, 5) is 24.2. The lowest BCUT2D eigenvalue weighted by atomic mass is 9.97. The first-order chi connectivity index (χ1) is 13.3. The van der Waals surface area contributed by atoms with E-state index in [9.17, 15) is 18.0 Å². The maximum atomic E-state index is 12.9. The van der Waals surface area contributed by atoms with E-state index in [0.717, 1.165) is 5.69 Å². The molecule has 1 N–H and O–H groups in total. The molecule has 0 aliphatic carbocycles. The molecule has 2 aromatic rings. The van der Waals surface area contributed by atoms with E-state index >= 15 is 0 Å². The van der Waals surface area contributed by atoms with Crippen molar-refractivity contribution in [2.75, 3.05) is 25.5 Å². The molecular formula is C19H23N3O5S. The van der Waals surface area contributed by atoms with Crippen LogP contribution in [0.25, 0.3) is 0 Å². The van der Waals surface area contributed by atoms with Crippen molar-refractivity contribution in [3.05, 3.63) is 48.3 Å². The zero-order valence-corrected chi connectivity index (χ0v) is 16.6. The van der Waals surface area contributed by atoms with Gasteiger partial charge in [-0.05, 0) is 31.0 Å². The Balaban J connectivity index is 1.65. The van der Waals surface area contributed by atoms with E-state index in [-0.39, 0.29) is 35.5 Å². The third-order valence-electron chi connectivity index (χ3n) is 4.88. The van der Waals surface area contributed by atoms with Gasteiger partial charge in [-0.25, -0.2) is 13.2 Å². The van der Waals surface area contributed by atoms with E-state index in [4.69, 9.17) is 0 Å². The number of piperidine rings is 1. The number of methoxy groups -OCH3 is 1. The number of aryl methyl sites for hydroxylation is 1. The van der Waals surface area contributed by atoms with Crippen LogP contribution in [0.1, 0.15) is 23.3 Å². The highest BCUT2D eigenvalue weighted by Gasteiger charge is 2.33. The van der Waals surface area contributed by atoms with E-state index in [2.05, 4.69) is 10.1 Å². The van der Waals surface area contributed by atoms with Crippen molar-refractivity contribution >= 4 is 27.6 Å². The van der Waals surface area contributed by atoms with Gasteiger partial charge >= 0.3 is 5.97 Å². The Kier molecular flexibility index (Phi) is 5.85. The predicted octanol–water partition coefficient (Wildman–Crippen LogP) is 1.85. The second-order valence-electron chi connectivity index (χ2n) is 6.70. The summed E-state index contributed by atoms with van der Waals surface area (Å²) >= 11 is 0. The summed E-state index contributed by atoms with van der Waals surface area (Å²) in [6.07, 6.45) is 2.28. The zero-order chi connectivity index (χ0) is 20.3. The van der Waals surface area contributed by atoms with Gasteiger partial charge in [-0.1, -0.05) is 18.2 Å². The van der Waals surface area contributed by atoms with E-state index in [1.165, 1.54) is 28.2 Å². The molecule has 2 heterocycles. The summed E-state index contributed by atoms with van der Waals surface area (Å²) in [5.74, 6) is -0.941. The minimum absolute atomic E-state index is 0.0441. The van der Waals surface area contributed by atoms with E-state index in [0.29, 0.717) is 12.8 Å². The maximum Gasteiger partial charge on any atom is 0.354 e. The van der Waals surface area contributed by atoms with Gasteiger partial charge in [0.2, 0.25) is 15.9 Å². The molecule has 0 saturated carbocycles. The number of benzene rings is 1. The standard InChI is InChI=1S/C19H23N3O5S/c1-21-13-16(12-17(21)19(24)27-2)28(25,26)22-10-8-14(9-11-22)18(23)20-15-6-4-3-5-7-15/h3-7,12-14H,8-11H2,1-2H3,(H,20,23). The summed E-state index contributed by atoms with van der Waals surface area (Å²) in [6, 6.07) is 10.5. The number of carbonyl (C=O) groups is 2. The number of nitrogens with zero attached hydrogens (tertiary/aromatic N) is 2. The minimum atomic E-state index is -3.74. The first-order valence-electron chi connectivity index (χ1n) is 8.93. The van der Waals surface area contributed by atoms with Gasteiger partial charge in [-0.15, -0.1) is 0 Å². The molecule has 1 fully saturated rings. The molecule has 150 valence electrons. The van der Waals surface area contributed by atoms with Crippen LogP contribution >= 0.6 is 0 Å². The summed E-state index contributed by atoms with van der Waals surface area (Å²) in [7, 11) is -0.907. The summed E-state index contributed by atoms with van der Waals surface area (Å²) < 4.78 is 33.2. The number of amides is 1. The molecule has 8 nitrogen and oxygen atoms in total. The van der Waals surface area contributed by atoms with E-state index in [1.807, 2.05) is 30.3 Å². The maximum absolute atomic E-state index is 12.9. The van der Waals surface area contributed by atoms with Gasteiger partial charge in [0, 0.05) is 37.9 Å². The van der Waals surface area contributed by atoms with Gasteiger partial charge in [0.05, 0.1) is 7.11 Å². The van der Waals surface area contributed by atoms with Crippen LogP contribution in [0.4, 0.5) is 5.69 Å². The molecule has 28 heavy (non-hydrogen) atoms. The first-order valence-corrected chi connectivity index (χ1v) is 10.4. The number of carbonyl (C=O) groups excluding carboxylic acids is 2. The molecule has 1 aromatic carbocycles. The van der Waals surface area contributed by atoms with Crippen LogP contribution in [0.15, 0.2) is 47.5 Å². The Labute approximate surface area is 164 Å². The second kappa shape index (κ2) is 8.15. The van der Waals surface area contributed by atoms with Crippen LogP contribution < -0.4 is 5.32 Å². The number of ether oxygens (including phenoxy) is 1. The number of hydrogen-bond acceptors (Lipinski definition) is 5. The Bertz CT molecular complexity index is 961. The highest BCUT2D eigenvalue weighted by atomic mass is 32.2. The molecule has 0 radical (unpaired) electrons. The van der Waals surface area contributed by atoms with Crippen molar-refractivity contribution in [2.24, 2.45) is 13.0 Å². The van der Waals surface area contributed by atoms with Crippen LogP contribution in [0, 0.1) is 5.92 Å². The monoisotopic (exact) mass is 405 g/mol. The molecule has 1 saturated heterocycles. The van der Waals surface area contributed by atoms with Gasteiger partial charge in [0.25, 0.3) is 0 Å². The number of hydrogen-bond donors (Lipinski definition) is 1. The number of anilines is 1. The normalized spacial score (nSPS) is 15.9. The van der Waals surface area contributed by atoms with Crippen molar-refractivity contribution in [1.82, 2.24) is 8.87 Å². The Morgan fingerprint density at radius 2 is 1.79 bits per heavy atom. The molecule has 0 spiro atoms. The quantitative estimate of drug-likeness (QED) is 0.766. The molecule has 0 atom stereocenters. The lowest BCUT2D eigenvalue weighted by Crippen LogP contribution is -2.41. The predicted molar refractivity (Wildman–Crippen MR) is 103 cm³/mol. The van der Waals surface area contributed by atoms with E-state index in [1.54, 1.807) is 7.05 Å². The van der Waals surface area contributed by atoms with Crippen molar-refractivity contribution in [3.8, 4) is 0 Å². The number of esters is 1. The fourth-order valence-electron chi connectivity index (χ4n) is 3.26. The van der Waals surface area contributed by atoms with Gasteiger partial charge < -0.3 is 14.6 Å². The SMILES string of the molecule is COC(=O)c1cc(S(=O)(=O)N2CCC(C(=O)Nc3ccccc3)CC2)cn1C. The van der Waals surface area contributed by atoms with Crippen LogP contribution in [0.5, 0.6) is 0 Å². The Morgan fingerprint density at radius 3 is 2.39 bits per heavy atom. The van der Waals surface area contributed by atoms with Crippen LogP contribution in [0.2, 0.25) is 0 Å². The van der Waals surface area contributed by atoms with Gasteiger partial charge in [-0.3, -0.25) is 4.79 Å². The Hall–Kier alpha value is -2.65. The zero-order valence-electron chi connectivity index (χ0n) is 15.8. The number of sulfonamides is 1. The molecule has 3 rings (SSSR count). The fraction of sp³-hybridized carbons (Fsp3) is 0.368. The summed E-state index contributed by atoms with van der Waals surface area (Å²) in [5, 5.41) is 2.86. The van der Waals surface area contributed by atoms with Crippen LogP contribution in [-0.2, 0) is 26.6 Å². The molecule has 0 unspecified atom stereocenters. The molecule has 1 amide bonds. The van der Waals surface area contributed by atoms with Crippen LogP contribution in [-0.4, -0.2) is 49.4 Å². The molecule has 9 heteroatoms. The molecule has 1 aromatic heterocycles. The minimum Gasteiger partial charge on any atom is -0.464 e. The third-order valence-corrected chi connectivity index (χ3v) is 6.74. The van der Waals surface area contributed by atoms with Crippen LogP contribution in [0.3, 0.4) is 0 Å². The topological polar surface area (TPSA) is 97.7 Å². The van der Waals surface area contributed by atoms with Gasteiger partial charge in [0.1, 0.15) is 10.6 Å². The van der Waals surface area contributed by atoms with Crippen molar-refractivity contribution in [2.45, 2.75) is 17.7 Å². The molecule has 1 aliphatic heterocycles. The highest BCUT2D eigenvalue weighted by molar-refractivity contribution is 7.89. The fourth-order valence-corrected chi connectivity index (χ4v) is 4.80. The Morgan fingerprint density at radius 1 is 1.14 bits per heavy atom. The molecular weight excluding hydrogens is 382 g/mol. The number of para-hydroxylation sites is 1. The smallest absolute Gasteiger partial charge is 0.354 e. The number of aromatic nitrogens is 1. The second-order valence-corrected chi connectivity index (χ2v) is 8.64. The lowest BCUT2D eigenvalue weighted by molar-refractivity contribution is -0.120. The lowest BCUT2D eigenvalue weighted by Gasteiger charge is -2.30. The summed E-state index contributed by atoms with van der Waals surface area (Å²) in [6.45, 7) is 0.495. The van der Waals surface area contributed by atoms with Crippen molar-refractivity contribution in [1.29, 1.82) is 0 Å². The molecule has 0 bridgehead atoms. The van der Waals surface area contributed by atoms with Crippen molar-refractivity contribution < 1.29 is 22.7 Å². The highest BCUT2D eigenvalue weighted by Crippen LogP contribution is 2.26. The average Bonchev–Trinajstić information content (AvgIpc) is 3.11. The first kappa shape index (κ1) is 20.1. The molecule has 1 aliphatic rings. The largest absolute Gasteiger partial charge is 0.464 e. The van der Waals surface area contributed by atoms with E-state index < -0.39 is 16.0 Å². The van der Waals surface area contributed by atoms with Gasteiger partial charge in [-0.2, -0.15) is 4.31 Å². The van der Waals surface area contributed by atoms with Gasteiger partial charge in [0.15, 0.2) is 0 Å². The number of nitrogens with one attached hydrogen (secondary N) is 1. The average molecular weight is 405 g/mol. The number of rotatable bonds is 5.